The van der Waals surface area contributed by atoms with Gasteiger partial charge in [-0.25, -0.2) is 0 Å². The summed E-state index contributed by atoms with van der Waals surface area (Å²) in [5.74, 6) is 0. The number of halogens is 1. The molecule has 0 aromatic carbocycles. The highest BCUT2D eigenvalue weighted by Crippen LogP contribution is 2.10. The molecule has 0 rings (SSSR count). The highest BCUT2D eigenvalue weighted by atomic mass is 79.9. The summed E-state index contributed by atoms with van der Waals surface area (Å²) >= 11 is 3.46. The summed E-state index contributed by atoms with van der Waals surface area (Å²) in [7, 11) is 1.50. The number of unbranched alkanes of at least 4 members (excludes halogenated alkanes) is 9. The predicted molar refractivity (Wildman–Crippen MR) is 75.7 cm³/mol. The summed E-state index contributed by atoms with van der Waals surface area (Å²) in [6, 6.07) is 0. The van der Waals surface area contributed by atoms with Gasteiger partial charge in [-0.2, -0.15) is 0 Å². The molecule has 0 bridgehead atoms. The fourth-order valence-corrected chi connectivity index (χ4v) is 1.98. The van der Waals surface area contributed by atoms with E-state index in [0.717, 1.165) is 0 Å². The first kappa shape index (κ1) is 17.8. The third-order valence-electron chi connectivity index (χ3n) is 2.49. The van der Waals surface area contributed by atoms with Crippen LogP contribution in [0, 0.1) is 0 Å². The first-order valence-electron chi connectivity index (χ1n) is 6.55. The minimum Gasteiger partial charge on any atom is -0.333 e. The Morgan fingerprint density at radius 1 is 0.667 bits per heavy atom. The first-order valence-corrected chi connectivity index (χ1v) is 7.67. The third-order valence-corrected chi connectivity index (χ3v) is 3.05. The Hall–Kier alpha value is 0.440. The Morgan fingerprint density at radius 3 is 1.33 bits per heavy atom. The van der Waals surface area contributed by atoms with Crippen LogP contribution in [0.4, 0.5) is 0 Å². The van der Waals surface area contributed by atoms with Gasteiger partial charge in [0.25, 0.3) is 0 Å². The zero-order chi connectivity index (χ0) is 11.8. The van der Waals surface area contributed by atoms with Crippen LogP contribution in [0.3, 0.4) is 0 Å². The van der Waals surface area contributed by atoms with Gasteiger partial charge < -0.3 is 5.73 Å². The Balaban J connectivity index is 0. The van der Waals surface area contributed by atoms with Gasteiger partial charge >= 0.3 is 0 Å². The van der Waals surface area contributed by atoms with Crippen molar-refractivity contribution in [3.63, 3.8) is 0 Å². The molecule has 0 aromatic rings. The average molecular weight is 280 g/mol. The van der Waals surface area contributed by atoms with Gasteiger partial charge in [-0.3, -0.25) is 0 Å². The van der Waals surface area contributed by atoms with Crippen molar-refractivity contribution < 1.29 is 0 Å². The Morgan fingerprint density at radius 2 is 1.00 bits per heavy atom. The monoisotopic (exact) mass is 279 g/mol. The smallest absolute Gasteiger partial charge is 0.00313 e. The molecule has 0 atom stereocenters. The van der Waals surface area contributed by atoms with Crippen LogP contribution in [0.2, 0.25) is 0 Å². The summed E-state index contributed by atoms with van der Waals surface area (Å²) in [4.78, 5) is 0. The summed E-state index contributed by atoms with van der Waals surface area (Å²) in [5, 5.41) is 1.18. The van der Waals surface area contributed by atoms with E-state index in [2.05, 4.69) is 28.6 Å². The van der Waals surface area contributed by atoms with E-state index in [0.29, 0.717) is 0 Å². The third kappa shape index (κ3) is 20.5. The summed E-state index contributed by atoms with van der Waals surface area (Å²) in [5.41, 5.74) is 4.50. The molecular weight excluding hydrogens is 250 g/mol. The maximum atomic E-state index is 4.50. The molecule has 0 spiro atoms. The zero-order valence-electron chi connectivity index (χ0n) is 10.7. The SMILES string of the molecule is CCCCCCCCCCCCBr.CN. The molecule has 0 radical (unpaired) electrons. The lowest BCUT2D eigenvalue weighted by molar-refractivity contribution is 0.563. The second kappa shape index (κ2) is 19.9. The van der Waals surface area contributed by atoms with Crippen molar-refractivity contribution in [1.29, 1.82) is 0 Å². The van der Waals surface area contributed by atoms with Crippen molar-refractivity contribution in [2.75, 3.05) is 12.4 Å². The topological polar surface area (TPSA) is 26.0 Å². The molecule has 0 saturated carbocycles. The van der Waals surface area contributed by atoms with Crippen LogP contribution in [0.25, 0.3) is 0 Å². The second-order valence-corrected chi connectivity index (χ2v) is 4.66. The van der Waals surface area contributed by atoms with Gasteiger partial charge in [-0.15, -0.1) is 0 Å². The van der Waals surface area contributed by atoms with Crippen molar-refractivity contribution in [3.8, 4) is 0 Å². The van der Waals surface area contributed by atoms with E-state index in [1.165, 1.54) is 76.6 Å². The second-order valence-electron chi connectivity index (χ2n) is 3.87. The summed E-state index contributed by atoms with van der Waals surface area (Å²) in [6.45, 7) is 2.28. The molecule has 2 heteroatoms. The Kier molecular flexibility index (Phi) is 23.7. The Bertz CT molecular complexity index is 76.6. The van der Waals surface area contributed by atoms with E-state index in [4.69, 9.17) is 0 Å². The van der Waals surface area contributed by atoms with Gasteiger partial charge in [-0.05, 0) is 13.5 Å². The first-order chi connectivity index (χ1) is 7.41. The molecule has 2 N–H and O–H groups in total. The summed E-state index contributed by atoms with van der Waals surface area (Å²) in [6.07, 6.45) is 14.3. The quantitative estimate of drug-likeness (QED) is 0.448. The van der Waals surface area contributed by atoms with Crippen molar-refractivity contribution >= 4 is 15.9 Å². The van der Waals surface area contributed by atoms with Crippen molar-refractivity contribution in [2.45, 2.75) is 71.1 Å². The minimum absolute atomic E-state index is 1.18. The molecule has 0 heterocycles. The standard InChI is InChI=1S/C12H25Br.CH5N/c1-2-3-4-5-6-7-8-9-10-11-12-13;1-2/h2-12H2,1H3;2H2,1H3. The number of hydrogen-bond donors (Lipinski definition) is 1. The van der Waals surface area contributed by atoms with Gasteiger partial charge in [-0.1, -0.05) is 80.6 Å². The van der Waals surface area contributed by atoms with Crippen LogP contribution in [0.1, 0.15) is 71.1 Å². The normalized spacial score (nSPS) is 9.60. The van der Waals surface area contributed by atoms with Crippen molar-refractivity contribution in [2.24, 2.45) is 5.73 Å². The molecule has 15 heavy (non-hydrogen) atoms. The van der Waals surface area contributed by atoms with E-state index < -0.39 is 0 Å². The average Bonchev–Trinajstić information content (AvgIpc) is 2.30. The van der Waals surface area contributed by atoms with E-state index >= 15 is 0 Å². The molecule has 0 aromatic heterocycles. The van der Waals surface area contributed by atoms with Gasteiger partial charge in [0.1, 0.15) is 0 Å². The lowest BCUT2D eigenvalue weighted by atomic mass is 10.1. The fourth-order valence-electron chi connectivity index (χ4n) is 1.58. The van der Waals surface area contributed by atoms with Gasteiger partial charge in [0.2, 0.25) is 0 Å². The number of nitrogens with two attached hydrogens (primary N) is 1. The minimum atomic E-state index is 1.18. The molecule has 0 unspecified atom stereocenters. The maximum absolute atomic E-state index is 4.50. The number of rotatable bonds is 10. The zero-order valence-corrected chi connectivity index (χ0v) is 12.3. The van der Waals surface area contributed by atoms with Crippen LogP contribution in [0.5, 0.6) is 0 Å². The lowest BCUT2D eigenvalue weighted by Gasteiger charge is -2.00. The van der Waals surface area contributed by atoms with Gasteiger partial charge in [0.05, 0.1) is 0 Å². The molecule has 0 aliphatic rings. The van der Waals surface area contributed by atoms with Crippen LogP contribution < -0.4 is 5.73 Å². The van der Waals surface area contributed by atoms with Gasteiger partial charge in [0.15, 0.2) is 0 Å². The van der Waals surface area contributed by atoms with E-state index in [1.54, 1.807) is 0 Å². The molecule has 0 fully saturated rings. The molecule has 0 saturated heterocycles. The van der Waals surface area contributed by atoms with Crippen LogP contribution in [-0.2, 0) is 0 Å². The van der Waals surface area contributed by atoms with Crippen LogP contribution in [-0.4, -0.2) is 12.4 Å². The van der Waals surface area contributed by atoms with E-state index in [-0.39, 0.29) is 0 Å². The van der Waals surface area contributed by atoms with E-state index in [9.17, 15) is 0 Å². The van der Waals surface area contributed by atoms with E-state index in [1.807, 2.05) is 0 Å². The van der Waals surface area contributed by atoms with Gasteiger partial charge in [0, 0.05) is 5.33 Å². The molecule has 94 valence electrons. The summed E-state index contributed by atoms with van der Waals surface area (Å²) < 4.78 is 0. The Labute approximate surface area is 105 Å². The fraction of sp³-hybridized carbons (Fsp3) is 1.00. The van der Waals surface area contributed by atoms with Crippen LogP contribution in [0.15, 0.2) is 0 Å². The van der Waals surface area contributed by atoms with Crippen molar-refractivity contribution in [3.05, 3.63) is 0 Å². The van der Waals surface area contributed by atoms with Crippen molar-refractivity contribution in [1.82, 2.24) is 0 Å². The molecule has 0 aliphatic heterocycles. The highest BCUT2D eigenvalue weighted by molar-refractivity contribution is 9.09. The number of hydrogen-bond acceptors (Lipinski definition) is 1. The number of alkyl halides is 1. The predicted octanol–water partition coefficient (Wildman–Crippen LogP) is 4.88. The highest BCUT2D eigenvalue weighted by Gasteiger charge is 1.91. The molecule has 0 amide bonds. The van der Waals surface area contributed by atoms with Crippen LogP contribution >= 0.6 is 15.9 Å². The maximum Gasteiger partial charge on any atom is 0.00313 e. The molecular formula is C13H30BrN. The molecule has 0 aliphatic carbocycles. The molecule has 1 nitrogen and oxygen atoms in total. The lowest BCUT2D eigenvalue weighted by Crippen LogP contribution is -1.81. The largest absolute Gasteiger partial charge is 0.333 e.